The van der Waals surface area contributed by atoms with Crippen molar-refractivity contribution in [3.8, 4) is 33.4 Å². The summed E-state index contributed by atoms with van der Waals surface area (Å²) in [5, 5.41) is 5.06. The van der Waals surface area contributed by atoms with Gasteiger partial charge in [-0.1, -0.05) is 159 Å². The van der Waals surface area contributed by atoms with Gasteiger partial charge in [0, 0.05) is 27.7 Å². The van der Waals surface area contributed by atoms with Crippen LogP contribution in [0.1, 0.15) is 37.8 Å². The van der Waals surface area contributed by atoms with Gasteiger partial charge >= 0.3 is 0 Å². The average Bonchev–Trinajstić information content (AvgIpc) is 3.47. The molecule has 0 N–H and O–H groups in total. The van der Waals surface area contributed by atoms with E-state index in [2.05, 4.69) is 195 Å². The van der Waals surface area contributed by atoms with Crippen LogP contribution in [-0.4, -0.2) is 0 Å². The molecule has 9 rings (SSSR count). The largest absolute Gasteiger partial charge is 0.309 e. The molecular weight excluding hydrogens is 603 g/mol. The van der Waals surface area contributed by atoms with Crippen molar-refractivity contribution in [3.63, 3.8) is 0 Å². The van der Waals surface area contributed by atoms with Crippen LogP contribution in [0, 0.1) is 0 Å². The molecule has 0 saturated carbocycles. The van der Waals surface area contributed by atoms with Gasteiger partial charge in [0.1, 0.15) is 0 Å². The minimum Gasteiger partial charge on any atom is -0.309 e. The third-order valence-electron chi connectivity index (χ3n) is 11.1. The molecule has 1 heteroatoms. The Bertz CT molecular complexity index is 2490. The average molecular weight is 642 g/mol. The van der Waals surface area contributed by atoms with Crippen molar-refractivity contribution in [2.75, 3.05) is 4.90 Å². The van der Waals surface area contributed by atoms with Crippen molar-refractivity contribution in [1.82, 2.24) is 0 Å². The number of rotatable bonds is 7. The zero-order valence-electron chi connectivity index (χ0n) is 28.6. The Labute approximate surface area is 295 Å². The Morgan fingerprint density at radius 2 is 1.02 bits per heavy atom. The number of hydrogen-bond acceptors (Lipinski definition) is 1. The fourth-order valence-corrected chi connectivity index (χ4v) is 8.69. The molecule has 0 fully saturated rings. The quantitative estimate of drug-likeness (QED) is 0.167. The number of nitrogens with zero attached hydrogens (tertiary/aromatic N) is 1. The molecule has 240 valence electrons. The maximum absolute atomic E-state index is 2.50. The first kappa shape index (κ1) is 30.2. The summed E-state index contributed by atoms with van der Waals surface area (Å²) in [4.78, 5) is 2.50. The van der Waals surface area contributed by atoms with E-state index in [4.69, 9.17) is 0 Å². The van der Waals surface area contributed by atoms with E-state index in [-0.39, 0.29) is 5.41 Å². The monoisotopic (exact) mass is 641 g/mol. The van der Waals surface area contributed by atoms with E-state index in [1.165, 1.54) is 71.7 Å². The van der Waals surface area contributed by atoms with Gasteiger partial charge in [0.2, 0.25) is 0 Å². The molecule has 0 spiro atoms. The van der Waals surface area contributed by atoms with Crippen LogP contribution in [0.15, 0.2) is 176 Å². The lowest BCUT2D eigenvalue weighted by atomic mass is 9.73. The van der Waals surface area contributed by atoms with E-state index in [1.54, 1.807) is 0 Å². The normalized spacial score (nSPS) is 12.9. The summed E-state index contributed by atoms with van der Waals surface area (Å²) in [6, 6.07) is 64.8. The maximum atomic E-state index is 2.50. The standard InChI is InChI=1S/C49H39N/c1-3-49(4-2)44-26-16-15-25-43(44)47-45(49)33-37-20-12-14-24-42(37)48(47)50(38-21-9-6-10-22-38)39-30-27-35(28-31-39)41-32-29-34-17-11-13-23-40(34)46(41)36-18-7-5-8-19-36/h5-33H,3-4H2,1-2H3. The van der Waals surface area contributed by atoms with Crippen LogP contribution in [-0.2, 0) is 5.41 Å². The number of anilines is 3. The van der Waals surface area contributed by atoms with Gasteiger partial charge in [-0.2, -0.15) is 0 Å². The van der Waals surface area contributed by atoms with E-state index in [0.29, 0.717) is 0 Å². The minimum absolute atomic E-state index is 0.0269. The first-order chi connectivity index (χ1) is 24.7. The first-order valence-corrected chi connectivity index (χ1v) is 17.9. The van der Waals surface area contributed by atoms with Crippen LogP contribution >= 0.6 is 0 Å². The fraction of sp³-hybridized carbons (Fsp3) is 0.102. The molecule has 0 aromatic heterocycles. The molecule has 0 unspecified atom stereocenters. The van der Waals surface area contributed by atoms with Crippen molar-refractivity contribution >= 4 is 38.6 Å². The Balaban J connectivity index is 1.29. The van der Waals surface area contributed by atoms with Crippen molar-refractivity contribution in [2.45, 2.75) is 32.1 Å². The van der Waals surface area contributed by atoms with Crippen LogP contribution in [0.5, 0.6) is 0 Å². The van der Waals surface area contributed by atoms with Crippen LogP contribution in [0.2, 0.25) is 0 Å². The predicted octanol–water partition coefficient (Wildman–Crippen LogP) is 13.9. The molecule has 8 aromatic carbocycles. The molecule has 1 aliphatic carbocycles. The topological polar surface area (TPSA) is 3.24 Å². The number of para-hydroxylation sites is 1. The number of benzene rings is 8. The maximum Gasteiger partial charge on any atom is 0.0621 e. The van der Waals surface area contributed by atoms with Gasteiger partial charge < -0.3 is 4.90 Å². The highest BCUT2D eigenvalue weighted by Gasteiger charge is 2.43. The highest BCUT2D eigenvalue weighted by atomic mass is 15.1. The summed E-state index contributed by atoms with van der Waals surface area (Å²) >= 11 is 0. The molecule has 0 heterocycles. The van der Waals surface area contributed by atoms with Gasteiger partial charge in [0.05, 0.1) is 5.69 Å². The Hall–Kier alpha value is -5.92. The molecule has 1 nitrogen and oxygen atoms in total. The summed E-state index contributed by atoms with van der Waals surface area (Å²) in [5.41, 5.74) is 14.1. The van der Waals surface area contributed by atoms with Crippen molar-refractivity contribution in [3.05, 3.63) is 187 Å². The molecule has 0 aliphatic heterocycles. The van der Waals surface area contributed by atoms with Crippen LogP contribution < -0.4 is 4.90 Å². The summed E-state index contributed by atoms with van der Waals surface area (Å²) in [6.07, 6.45) is 2.11. The van der Waals surface area contributed by atoms with Crippen LogP contribution in [0.4, 0.5) is 17.1 Å². The molecule has 1 aliphatic rings. The van der Waals surface area contributed by atoms with Gasteiger partial charge in [0.15, 0.2) is 0 Å². The van der Waals surface area contributed by atoms with Crippen molar-refractivity contribution < 1.29 is 0 Å². The molecular formula is C49H39N. The van der Waals surface area contributed by atoms with Gasteiger partial charge in [-0.25, -0.2) is 0 Å². The van der Waals surface area contributed by atoms with E-state index >= 15 is 0 Å². The second kappa shape index (κ2) is 12.2. The molecule has 0 amide bonds. The molecule has 0 atom stereocenters. The van der Waals surface area contributed by atoms with Crippen molar-refractivity contribution in [2.24, 2.45) is 0 Å². The fourth-order valence-electron chi connectivity index (χ4n) is 8.69. The molecule has 50 heavy (non-hydrogen) atoms. The third kappa shape index (κ3) is 4.61. The predicted molar refractivity (Wildman–Crippen MR) is 214 cm³/mol. The van der Waals surface area contributed by atoms with Gasteiger partial charge in [-0.15, -0.1) is 0 Å². The van der Waals surface area contributed by atoms with Crippen LogP contribution in [0.25, 0.3) is 54.9 Å². The summed E-state index contributed by atoms with van der Waals surface area (Å²) < 4.78 is 0. The number of fused-ring (bicyclic) bond motifs is 5. The zero-order valence-corrected chi connectivity index (χ0v) is 28.6. The molecule has 8 aromatic rings. The van der Waals surface area contributed by atoms with E-state index in [9.17, 15) is 0 Å². The van der Waals surface area contributed by atoms with Gasteiger partial charge in [-0.05, 0) is 98.3 Å². The minimum atomic E-state index is -0.0269. The SMILES string of the molecule is CCC1(CC)c2ccccc2-c2c1cc1ccccc1c2N(c1ccccc1)c1ccc(-c2ccc3ccccc3c2-c2ccccc2)cc1. The Morgan fingerprint density at radius 1 is 0.420 bits per heavy atom. The Kier molecular flexibility index (Phi) is 7.36. The van der Waals surface area contributed by atoms with E-state index < -0.39 is 0 Å². The van der Waals surface area contributed by atoms with E-state index in [0.717, 1.165) is 24.2 Å². The summed E-state index contributed by atoms with van der Waals surface area (Å²) in [5.74, 6) is 0. The molecule has 0 radical (unpaired) electrons. The highest BCUT2D eigenvalue weighted by Crippen LogP contribution is 2.59. The first-order valence-electron chi connectivity index (χ1n) is 17.9. The smallest absolute Gasteiger partial charge is 0.0621 e. The van der Waals surface area contributed by atoms with Gasteiger partial charge in [0.25, 0.3) is 0 Å². The number of hydrogen-bond donors (Lipinski definition) is 0. The highest BCUT2D eigenvalue weighted by molar-refractivity contribution is 6.10. The molecule has 0 saturated heterocycles. The Morgan fingerprint density at radius 3 is 1.76 bits per heavy atom. The van der Waals surface area contributed by atoms with E-state index in [1.807, 2.05) is 0 Å². The lowest BCUT2D eigenvalue weighted by Crippen LogP contribution is -2.23. The third-order valence-corrected chi connectivity index (χ3v) is 11.1. The lowest BCUT2D eigenvalue weighted by molar-refractivity contribution is 0.491. The second-order valence-electron chi connectivity index (χ2n) is 13.5. The molecule has 0 bridgehead atoms. The van der Waals surface area contributed by atoms with Crippen molar-refractivity contribution in [1.29, 1.82) is 0 Å². The van der Waals surface area contributed by atoms with Gasteiger partial charge in [-0.3, -0.25) is 0 Å². The summed E-state index contributed by atoms with van der Waals surface area (Å²) in [7, 11) is 0. The second-order valence-corrected chi connectivity index (χ2v) is 13.5. The summed E-state index contributed by atoms with van der Waals surface area (Å²) in [6.45, 7) is 4.71. The van der Waals surface area contributed by atoms with Crippen LogP contribution in [0.3, 0.4) is 0 Å². The zero-order chi connectivity index (χ0) is 33.7. The lowest BCUT2D eigenvalue weighted by Gasteiger charge is -2.32.